The summed E-state index contributed by atoms with van der Waals surface area (Å²) in [6.07, 6.45) is 1.94. The van der Waals surface area contributed by atoms with Gasteiger partial charge in [0, 0.05) is 19.4 Å². The van der Waals surface area contributed by atoms with Gasteiger partial charge in [0.05, 0.1) is 36.5 Å². The van der Waals surface area contributed by atoms with E-state index in [-0.39, 0.29) is 74.2 Å². The Morgan fingerprint density at radius 1 is 0.705 bits per heavy atom. The number of esters is 1. The van der Waals surface area contributed by atoms with E-state index in [9.17, 15) is 57.3 Å². The number of hydrogen-bond donors (Lipinski definition) is 6. The van der Waals surface area contributed by atoms with Crippen molar-refractivity contribution in [3.05, 3.63) is 87.2 Å². The van der Waals surface area contributed by atoms with Gasteiger partial charge in [-0.05, 0) is 116 Å². The standard InChI is InChI=1S/C21H19B2F2NO8.C9H19NO2.C8H6BFO4.ClH/c24-17-4-11-9-33-22(31)15(11)6-13(17)19(27)2-1-3-26(8-20(28)29)21(30)14-7-16-12(5-18(14)25)10-34-23(16)32;1-9(2,3)12-8(11)6-4-5-7-10;10-7-1-4-3-14-9(13)6(4)2-5(7)8(11)12;/h4-7,31-32H,1-3,8-10H2,(H,28,29);4-7,10H2,1-3H3;1-2,13H,3H2,(H,11,12);1H/p-1. The SMILES string of the molecule is CC(C)(C)OC(=O)CCCCN.O=C(O)CN(CCCC(=O)c1cc2c(cc1F)COB2O)C(=O)c1cc2c(cc1F)COB2O.O=C(O)c1cc2c(cc1F)COB2O.[Cl-]. The van der Waals surface area contributed by atoms with E-state index in [2.05, 4.69) is 0 Å². The summed E-state index contributed by atoms with van der Waals surface area (Å²) in [5, 5.41) is 46.6. The monoisotopic (exact) mass is 877 g/mol. The lowest BCUT2D eigenvalue weighted by Gasteiger charge is -2.21. The summed E-state index contributed by atoms with van der Waals surface area (Å²) in [6, 6.07) is 6.69. The van der Waals surface area contributed by atoms with Gasteiger partial charge in [0.1, 0.15) is 29.6 Å². The van der Waals surface area contributed by atoms with Crippen molar-refractivity contribution in [1.29, 1.82) is 0 Å². The molecule has 0 fully saturated rings. The number of ether oxygens (including phenoxy) is 1. The number of aromatic carboxylic acids is 1. The lowest BCUT2D eigenvalue weighted by atomic mass is 9.78. The molecule has 0 aromatic heterocycles. The van der Waals surface area contributed by atoms with E-state index in [4.69, 9.17) is 29.5 Å². The largest absolute Gasteiger partial charge is 1.00 e. The molecule has 0 saturated carbocycles. The second-order valence-electron chi connectivity index (χ2n) is 14.9. The number of rotatable bonds is 13. The molecular weight excluding hydrogens is 833 g/mol. The van der Waals surface area contributed by atoms with Crippen LogP contribution in [0.15, 0.2) is 36.4 Å². The maximum atomic E-state index is 14.5. The molecule has 6 rings (SSSR count). The highest BCUT2D eigenvalue weighted by Crippen LogP contribution is 2.20. The van der Waals surface area contributed by atoms with Crippen LogP contribution in [-0.2, 0) is 48.1 Å². The topological polar surface area (TPSA) is 253 Å². The van der Waals surface area contributed by atoms with Crippen molar-refractivity contribution < 1.29 is 93.5 Å². The van der Waals surface area contributed by atoms with E-state index in [1.165, 1.54) is 6.07 Å². The summed E-state index contributed by atoms with van der Waals surface area (Å²) in [7, 11) is -3.72. The Labute approximate surface area is 355 Å². The molecule has 0 spiro atoms. The van der Waals surface area contributed by atoms with E-state index in [0.29, 0.717) is 40.6 Å². The molecule has 0 unspecified atom stereocenters. The number of carboxylic acids is 2. The van der Waals surface area contributed by atoms with Gasteiger partial charge in [-0.1, -0.05) is 0 Å². The number of benzene rings is 3. The molecule has 0 bridgehead atoms. The van der Waals surface area contributed by atoms with Crippen molar-refractivity contribution >= 4 is 67.3 Å². The number of carbonyl (C=O) groups is 5. The summed E-state index contributed by atoms with van der Waals surface area (Å²) in [5.41, 5.74) is 5.93. The van der Waals surface area contributed by atoms with E-state index >= 15 is 0 Å². The van der Waals surface area contributed by atoms with E-state index in [1.54, 1.807) is 0 Å². The Bertz CT molecular complexity index is 2110. The molecule has 3 aromatic rings. The predicted octanol–water partition coefficient (Wildman–Crippen LogP) is -2.21. The fourth-order valence-electron chi connectivity index (χ4n) is 6.23. The Balaban J connectivity index is 0.000000301. The van der Waals surface area contributed by atoms with Crippen LogP contribution in [0.3, 0.4) is 0 Å². The third-order valence-electron chi connectivity index (χ3n) is 9.14. The van der Waals surface area contributed by atoms with Crippen LogP contribution < -0.4 is 34.5 Å². The van der Waals surface area contributed by atoms with Crippen LogP contribution in [-0.4, -0.2) is 106 Å². The average Bonchev–Trinajstić information content (AvgIpc) is 3.83. The highest BCUT2D eigenvalue weighted by atomic mass is 35.5. The van der Waals surface area contributed by atoms with Gasteiger partial charge in [-0.25, -0.2) is 18.0 Å². The van der Waals surface area contributed by atoms with Gasteiger partial charge in [0.25, 0.3) is 5.91 Å². The molecular formula is C38H44B3ClF3N2O14-. The number of carbonyl (C=O) groups excluding carboxylic acids is 3. The summed E-state index contributed by atoms with van der Waals surface area (Å²) in [5.74, 6) is -6.85. The number of carboxylic acid groups (broad SMARTS) is 2. The zero-order chi connectivity index (χ0) is 44.5. The molecule has 16 nitrogen and oxygen atoms in total. The van der Waals surface area contributed by atoms with Crippen LogP contribution in [0, 0.1) is 17.5 Å². The van der Waals surface area contributed by atoms with Crippen molar-refractivity contribution in [2.75, 3.05) is 19.6 Å². The maximum Gasteiger partial charge on any atom is 0.491 e. The number of ketones is 1. The van der Waals surface area contributed by atoms with Crippen LogP contribution >= 0.6 is 0 Å². The van der Waals surface area contributed by atoms with Crippen molar-refractivity contribution in [2.45, 2.75) is 78.3 Å². The molecule has 23 heteroatoms. The highest BCUT2D eigenvalue weighted by molar-refractivity contribution is 6.62. The highest BCUT2D eigenvalue weighted by Gasteiger charge is 2.33. The van der Waals surface area contributed by atoms with Crippen LogP contribution in [0.25, 0.3) is 0 Å². The molecule has 0 atom stereocenters. The Morgan fingerprint density at radius 2 is 1.15 bits per heavy atom. The smallest absolute Gasteiger partial charge is 0.491 e. The minimum Gasteiger partial charge on any atom is -1.00 e. The first-order valence-electron chi connectivity index (χ1n) is 18.8. The Kier molecular flexibility index (Phi) is 18.5. The summed E-state index contributed by atoms with van der Waals surface area (Å²) in [6.45, 7) is 5.39. The molecule has 61 heavy (non-hydrogen) atoms. The number of Topliss-reactive ketones (excluding diaryl/α,β-unsaturated/α-hetero) is 1. The molecule has 0 radical (unpaired) electrons. The molecule has 3 aromatic carbocycles. The zero-order valence-electron chi connectivity index (χ0n) is 33.4. The number of nitrogens with zero attached hydrogens (tertiary/aromatic N) is 1. The van der Waals surface area contributed by atoms with E-state index < -0.39 is 80.1 Å². The van der Waals surface area contributed by atoms with Crippen LogP contribution in [0.5, 0.6) is 0 Å². The summed E-state index contributed by atoms with van der Waals surface area (Å²) >= 11 is 0. The number of nitrogens with two attached hydrogens (primary N) is 1. The van der Waals surface area contributed by atoms with Gasteiger partial charge in [0.15, 0.2) is 5.78 Å². The third-order valence-corrected chi connectivity index (χ3v) is 9.14. The van der Waals surface area contributed by atoms with Gasteiger partial charge in [0.2, 0.25) is 0 Å². The molecule has 328 valence electrons. The zero-order valence-corrected chi connectivity index (χ0v) is 34.2. The number of fused-ring (bicyclic) bond motifs is 3. The minimum absolute atomic E-state index is 0. The summed E-state index contributed by atoms with van der Waals surface area (Å²) in [4.78, 5) is 59.2. The molecule has 1 amide bonds. The first kappa shape index (κ1) is 50.6. The van der Waals surface area contributed by atoms with Gasteiger partial charge in [-0.15, -0.1) is 0 Å². The lowest BCUT2D eigenvalue weighted by molar-refractivity contribution is -0.155. The Hall–Kier alpha value is -4.80. The fraction of sp³-hybridized carbons (Fsp3) is 0.395. The van der Waals surface area contributed by atoms with Crippen LogP contribution in [0.2, 0.25) is 0 Å². The second kappa shape index (κ2) is 22.3. The van der Waals surface area contributed by atoms with Crippen molar-refractivity contribution in [3.63, 3.8) is 0 Å². The lowest BCUT2D eigenvalue weighted by Crippen LogP contribution is -3.00. The van der Waals surface area contributed by atoms with E-state index in [1.807, 2.05) is 20.8 Å². The first-order valence-corrected chi connectivity index (χ1v) is 18.8. The van der Waals surface area contributed by atoms with Crippen LogP contribution in [0.4, 0.5) is 13.2 Å². The average molecular weight is 878 g/mol. The summed E-state index contributed by atoms with van der Waals surface area (Å²) < 4.78 is 61.9. The molecule has 0 aliphatic carbocycles. The van der Waals surface area contributed by atoms with Gasteiger partial charge in [-0.2, -0.15) is 0 Å². The van der Waals surface area contributed by atoms with Gasteiger partial charge < -0.3 is 67.0 Å². The predicted molar refractivity (Wildman–Crippen MR) is 209 cm³/mol. The molecule has 3 heterocycles. The van der Waals surface area contributed by atoms with Gasteiger partial charge >= 0.3 is 39.3 Å². The minimum atomic E-state index is -1.36. The maximum absolute atomic E-state index is 14.5. The number of halogens is 4. The molecule has 3 aliphatic heterocycles. The van der Waals surface area contributed by atoms with Crippen molar-refractivity contribution in [1.82, 2.24) is 4.90 Å². The third kappa shape index (κ3) is 13.9. The molecule has 0 saturated heterocycles. The number of amides is 1. The van der Waals surface area contributed by atoms with Gasteiger partial charge in [-0.3, -0.25) is 19.2 Å². The molecule has 7 N–H and O–H groups in total. The second-order valence-corrected chi connectivity index (χ2v) is 14.9. The normalized spacial score (nSPS) is 13.4. The van der Waals surface area contributed by atoms with E-state index in [0.717, 1.165) is 48.1 Å². The Morgan fingerprint density at radius 3 is 1.59 bits per heavy atom. The van der Waals surface area contributed by atoms with Crippen molar-refractivity contribution in [2.24, 2.45) is 5.73 Å². The van der Waals surface area contributed by atoms with Crippen LogP contribution in [0.1, 0.15) is 101 Å². The van der Waals surface area contributed by atoms with Crippen molar-refractivity contribution in [3.8, 4) is 0 Å². The molecule has 3 aliphatic rings. The first-order chi connectivity index (χ1) is 28.2. The fourth-order valence-corrected chi connectivity index (χ4v) is 6.23. The number of unbranched alkanes of at least 4 members (excludes halogenated alkanes) is 1. The number of aliphatic carboxylic acids is 1. The quantitative estimate of drug-likeness (QED) is 0.0461. The number of hydrogen-bond acceptors (Lipinski definition) is 13.